The number of sulfonamides is 1. The van der Waals surface area contributed by atoms with Crippen LogP contribution in [0, 0.1) is 0 Å². The van der Waals surface area contributed by atoms with Crippen molar-refractivity contribution in [2.75, 3.05) is 0 Å². The molecule has 0 unspecified atom stereocenters. The number of rotatable bonds is 4. The molecule has 0 saturated heterocycles. The van der Waals surface area contributed by atoms with Gasteiger partial charge in [0.15, 0.2) is 0 Å². The molecule has 5 nitrogen and oxygen atoms in total. The molecule has 0 aliphatic carbocycles. The summed E-state index contributed by atoms with van der Waals surface area (Å²) in [6.45, 7) is 1.76. The highest BCUT2D eigenvalue weighted by Crippen LogP contribution is 2.29. The zero-order valence-electron chi connectivity index (χ0n) is 12.0. The minimum absolute atomic E-state index is 0.0754. The van der Waals surface area contributed by atoms with Gasteiger partial charge in [-0.2, -0.15) is 0 Å². The fraction of sp³-hybridized carbons (Fsp3) is 0.133. The molecular weight excluding hydrogens is 357 g/mol. The number of fused-ring (bicyclic) bond motifs is 1. The number of nitrogens with zero attached hydrogens (tertiary/aromatic N) is 1. The van der Waals surface area contributed by atoms with E-state index < -0.39 is 16.1 Å². The molecule has 0 aliphatic heterocycles. The third kappa shape index (κ3) is 3.21. The quantitative estimate of drug-likeness (QED) is 0.731. The molecule has 1 atom stereocenters. The van der Waals surface area contributed by atoms with E-state index in [9.17, 15) is 8.42 Å². The molecule has 2 aromatic heterocycles. The van der Waals surface area contributed by atoms with Crippen LogP contribution >= 0.6 is 23.2 Å². The van der Waals surface area contributed by atoms with Crippen molar-refractivity contribution in [3.63, 3.8) is 0 Å². The van der Waals surface area contributed by atoms with Crippen molar-refractivity contribution in [3.05, 3.63) is 58.3 Å². The third-order valence-electron chi connectivity index (χ3n) is 3.48. The summed E-state index contributed by atoms with van der Waals surface area (Å²) in [5.74, 6) is 0. The SMILES string of the molecule is C[C@H](NS(=O)(=O)c1c[nH]c2nccc(Cl)c12)c1ccc(Cl)cc1. The van der Waals surface area contributed by atoms with E-state index in [2.05, 4.69) is 14.7 Å². The second kappa shape index (κ2) is 6.13. The Hall–Kier alpha value is -1.60. The van der Waals surface area contributed by atoms with Crippen molar-refractivity contribution < 1.29 is 8.42 Å². The second-order valence-electron chi connectivity index (χ2n) is 5.06. The second-order valence-corrected chi connectivity index (χ2v) is 7.59. The van der Waals surface area contributed by atoms with Gasteiger partial charge in [-0.25, -0.2) is 18.1 Å². The van der Waals surface area contributed by atoms with Gasteiger partial charge < -0.3 is 4.98 Å². The third-order valence-corrected chi connectivity index (χ3v) is 5.61. The predicted molar refractivity (Wildman–Crippen MR) is 91.3 cm³/mol. The number of aromatic amines is 1. The standard InChI is InChI=1S/C15H13Cl2N3O2S/c1-9(10-2-4-11(16)5-3-10)20-23(21,22)13-8-19-15-14(13)12(17)6-7-18-15/h2-9,20H,1H3,(H,18,19)/t9-/m0/s1. The number of pyridine rings is 1. The van der Waals surface area contributed by atoms with Crippen LogP contribution in [-0.2, 0) is 10.0 Å². The summed E-state index contributed by atoms with van der Waals surface area (Å²) in [5.41, 5.74) is 1.24. The van der Waals surface area contributed by atoms with E-state index in [4.69, 9.17) is 23.2 Å². The number of hydrogen-bond donors (Lipinski definition) is 2. The summed E-state index contributed by atoms with van der Waals surface area (Å²) in [6, 6.07) is 8.12. The van der Waals surface area contributed by atoms with Gasteiger partial charge in [-0.3, -0.25) is 0 Å². The lowest BCUT2D eigenvalue weighted by Crippen LogP contribution is -2.26. The molecule has 0 bridgehead atoms. The molecule has 23 heavy (non-hydrogen) atoms. The van der Waals surface area contributed by atoms with Crippen LogP contribution < -0.4 is 4.72 Å². The van der Waals surface area contributed by atoms with Crippen LogP contribution in [0.15, 0.2) is 47.6 Å². The van der Waals surface area contributed by atoms with E-state index in [0.29, 0.717) is 21.1 Å². The Labute approximate surface area is 143 Å². The Kier molecular flexibility index (Phi) is 4.33. The Morgan fingerprint density at radius 2 is 1.87 bits per heavy atom. The molecule has 2 N–H and O–H groups in total. The lowest BCUT2D eigenvalue weighted by atomic mass is 10.1. The molecule has 2 heterocycles. The maximum absolute atomic E-state index is 12.7. The molecule has 120 valence electrons. The minimum Gasteiger partial charge on any atom is -0.345 e. The van der Waals surface area contributed by atoms with Crippen LogP contribution in [0.4, 0.5) is 0 Å². The molecule has 8 heteroatoms. The van der Waals surface area contributed by atoms with Crippen LogP contribution in [0.1, 0.15) is 18.5 Å². The molecule has 0 aliphatic rings. The van der Waals surface area contributed by atoms with Crippen molar-refractivity contribution in [2.24, 2.45) is 0 Å². The normalized spacial score (nSPS) is 13.3. The first-order valence-corrected chi connectivity index (χ1v) is 9.02. The van der Waals surface area contributed by atoms with E-state index in [-0.39, 0.29) is 4.90 Å². The zero-order valence-corrected chi connectivity index (χ0v) is 14.4. The minimum atomic E-state index is -3.76. The van der Waals surface area contributed by atoms with E-state index >= 15 is 0 Å². The van der Waals surface area contributed by atoms with Gasteiger partial charge in [0.1, 0.15) is 10.5 Å². The Morgan fingerprint density at radius 3 is 2.57 bits per heavy atom. The van der Waals surface area contributed by atoms with E-state index in [1.165, 1.54) is 12.4 Å². The molecule has 1 aromatic carbocycles. The van der Waals surface area contributed by atoms with Crippen molar-refractivity contribution >= 4 is 44.3 Å². The van der Waals surface area contributed by atoms with E-state index in [1.54, 1.807) is 37.3 Å². The molecule has 0 radical (unpaired) electrons. The van der Waals surface area contributed by atoms with Crippen LogP contribution in [-0.4, -0.2) is 18.4 Å². The first-order chi connectivity index (χ1) is 10.9. The van der Waals surface area contributed by atoms with Crippen molar-refractivity contribution in [3.8, 4) is 0 Å². The van der Waals surface area contributed by atoms with Gasteiger partial charge in [0.2, 0.25) is 10.0 Å². The van der Waals surface area contributed by atoms with Gasteiger partial charge in [-0.15, -0.1) is 0 Å². The highest BCUT2D eigenvalue weighted by atomic mass is 35.5. The summed E-state index contributed by atoms with van der Waals surface area (Å²) in [5, 5.41) is 1.30. The highest BCUT2D eigenvalue weighted by Gasteiger charge is 2.23. The van der Waals surface area contributed by atoms with Gasteiger partial charge in [0, 0.05) is 23.5 Å². The number of aromatic nitrogens is 2. The summed E-state index contributed by atoms with van der Waals surface area (Å²) >= 11 is 12.0. The van der Waals surface area contributed by atoms with Crippen LogP contribution in [0.3, 0.4) is 0 Å². The van der Waals surface area contributed by atoms with Crippen LogP contribution in [0.2, 0.25) is 10.0 Å². The largest absolute Gasteiger partial charge is 0.345 e. The zero-order chi connectivity index (χ0) is 16.6. The van der Waals surface area contributed by atoms with Crippen LogP contribution in [0.25, 0.3) is 11.0 Å². The lowest BCUT2D eigenvalue weighted by Gasteiger charge is -2.14. The highest BCUT2D eigenvalue weighted by molar-refractivity contribution is 7.89. The van der Waals surface area contributed by atoms with Gasteiger partial charge >= 0.3 is 0 Å². The monoisotopic (exact) mass is 369 g/mol. The summed E-state index contributed by atoms with van der Waals surface area (Å²) in [6.07, 6.45) is 2.90. The lowest BCUT2D eigenvalue weighted by molar-refractivity contribution is 0.568. The summed E-state index contributed by atoms with van der Waals surface area (Å²) < 4.78 is 28.0. The number of hydrogen-bond acceptors (Lipinski definition) is 3. The fourth-order valence-corrected chi connectivity index (χ4v) is 4.16. The molecule has 3 aromatic rings. The van der Waals surface area contributed by atoms with Crippen LogP contribution in [0.5, 0.6) is 0 Å². The predicted octanol–water partition coefficient (Wildman–Crippen LogP) is 3.91. The van der Waals surface area contributed by atoms with Crippen molar-refractivity contribution in [1.29, 1.82) is 0 Å². The number of benzene rings is 1. The van der Waals surface area contributed by atoms with Gasteiger partial charge in [-0.1, -0.05) is 35.3 Å². The van der Waals surface area contributed by atoms with Crippen molar-refractivity contribution in [1.82, 2.24) is 14.7 Å². The number of nitrogens with one attached hydrogen (secondary N) is 2. The average molecular weight is 370 g/mol. The molecule has 0 amide bonds. The van der Waals surface area contributed by atoms with Gasteiger partial charge in [0.25, 0.3) is 0 Å². The first kappa shape index (κ1) is 16.3. The average Bonchev–Trinajstić information content (AvgIpc) is 2.94. The molecule has 0 saturated carbocycles. The maximum atomic E-state index is 12.7. The Bertz CT molecular complexity index is 953. The number of halogens is 2. The molecule has 0 spiro atoms. The smallest absolute Gasteiger partial charge is 0.243 e. The fourth-order valence-electron chi connectivity index (χ4n) is 2.32. The first-order valence-electron chi connectivity index (χ1n) is 6.78. The Balaban J connectivity index is 1.96. The van der Waals surface area contributed by atoms with Gasteiger partial charge in [-0.05, 0) is 30.7 Å². The molecule has 0 fully saturated rings. The molecule has 3 rings (SSSR count). The van der Waals surface area contributed by atoms with Gasteiger partial charge in [0.05, 0.1) is 10.4 Å². The Morgan fingerprint density at radius 1 is 1.17 bits per heavy atom. The molecular formula is C15H13Cl2N3O2S. The van der Waals surface area contributed by atoms with E-state index in [0.717, 1.165) is 5.56 Å². The number of H-pyrrole nitrogens is 1. The topological polar surface area (TPSA) is 74.8 Å². The summed E-state index contributed by atoms with van der Waals surface area (Å²) in [4.78, 5) is 6.98. The van der Waals surface area contributed by atoms with E-state index in [1.807, 2.05) is 0 Å². The summed E-state index contributed by atoms with van der Waals surface area (Å²) in [7, 11) is -3.76. The van der Waals surface area contributed by atoms with Crippen molar-refractivity contribution in [2.45, 2.75) is 17.9 Å². The maximum Gasteiger partial charge on any atom is 0.243 e.